The van der Waals surface area contributed by atoms with Crippen molar-refractivity contribution in [1.29, 1.82) is 0 Å². The first-order chi connectivity index (χ1) is 5.19. The van der Waals surface area contributed by atoms with Crippen molar-refractivity contribution in [2.24, 2.45) is 5.92 Å². The summed E-state index contributed by atoms with van der Waals surface area (Å²) in [5, 5.41) is 0. The number of halogens is 6. The molecule has 0 aromatic heterocycles. The van der Waals surface area contributed by atoms with E-state index < -0.39 is 24.7 Å². The first-order valence-corrected chi connectivity index (χ1v) is 3.12. The maximum Gasteiger partial charge on any atom is 0.400 e. The first kappa shape index (κ1) is 11.6. The second-order valence-electron chi connectivity index (χ2n) is 2.28. The van der Waals surface area contributed by atoms with Crippen LogP contribution in [0.15, 0.2) is 0 Å². The second-order valence-corrected chi connectivity index (χ2v) is 2.28. The predicted molar refractivity (Wildman–Crippen MR) is 30.2 cm³/mol. The molecule has 0 aromatic rings. The van der Waals surface area contributed by atoms with E-state index in [9.17, 15) is 26.3 Å². The molecular weight excluding hydrogens is 186 g/mol. The molecule has 73 valence electrons. The molecule has 0 rings (SSSR count). The average Bonchev–Trinajstić information content (AvgIpc) is 1.77. The summed E-state index contributed by atoms with van der Waals surface area (Å²) >= 11 is 0. The fourth-order valence-electron chi connectivity index (χ4n) is 0.717. The fourth-order valence-corrected chi connectivity index (χ4v) is 0.717. The Morgan fingerprint density at radius 3 is 1.33 bits per heavy atom. The zero-order valence-electron chi connectivity index (χ0n) is 5.97. The van der Waals surface area contributed by atoms with Gasteiger partial charge in [-0.2, -0.15) is 26.3 Å². The van der Waals surface area contributed by atoms with Crippen molar-refractivity contribution in [2.75, 3.05) is 0 Å². The molecule has 0 N–H and O–H groups in total. The maximum atomic E-state index is 11.7. The third-order valence-electron chi connectivity index (χ3n) is 1.28. The Labute approximate surface area is 65.6 Å². The van der Waals surface area contributed by atoms with Crippen molar-refractivity contribution in [1.82, 2.24) is 0 Å². The van der Waals surface area contributed by atoms with Gasteiger partial charge in [-0.15, -0.1) is 0 Å². The van der Waals surface area contributed by atoms with Crippen molar-refractivity contribution in [3.63, 3.8) is 0 Å². The first-order valence-electron chi connectivity index (χ1n) is 3.12. The summed E-state index contributed by atoms with van der Waals surface area (Å²) in [5.74, 6) is -3.23. The van der Waals surface area contributed by atoms with Gasteiger partial charge in [0.25, 0.3) is 0 Å². The van der Waals surface area contributed by atoms with Crippen molar-refractivity contribution in [2.45, 2.75) is 25.2 Å². The topological polar surface area (TPSA) is 0 Å². The minimum atomic E-state index is -5.21. The van der Waals surface area contributed by atoms with E-state index in [4.69, 9.17) is 0 Å². The molecule has 0 spiro atoms. The van der Waals surface area contributed by atoms with E-state index in [1.54, 1.807) is 0 Å². The monoisotopic (exact) mass is 193 g/mol. The average molecular weight is 193 g/mol. The summed E-state index contributed by atoms with van der Waals surface area (Å²) in [4.78, 5) is 0. The smallest absolute Gasteiger partial charge is 0.170 e. The van der Waals surface area contributed by atoms with Gasteiger partial charge in [-0.3, -0.25) is 0 Å². The summed E-state index contributed by atoms with van der Waals surface area (Å²) in [6, 6.07) is 0. The molecule has 0 aliphatic heterocycles. The lowest BCUT2D eigenvalue weighted by atomic mass is 10.0. The van der Waals surface area contributed by atoms with Crippen molar-refractivity contribution in [3.05, 3.63) is 6.92 Å². The maximum absolute atomic E-state index is 11.7. The van der Waals surface area contributed by atoms with Crippen molar-refractivity contribution < 1.29 is 26.3 Å². The lowest BCUT2D eigenvalue weighted by molar-refractivity contribution is -0.285. The zero-order chi connectivity index (χ0) is 9.99. The van der Waals surface area contributed by atoms with Crippen LogP contribution in [0, 0.1) is 12.8 Å². The Morgan fingerprint density at radius 1 is 0.917 bits per heavy atom. The molecule has 0 amide bonds. The Kier molecular flexibility index (Phi) is 3.41. The largest absolute Gasteiger partial charge is 0.400 e. The molecular formula is C6H7F6. The van der Waals surface area contributed by atoms with Crippen molar-refractivity contribution in [3.8, 4) is 0 Å². The van der Waals surface area contributed by atoms with Crippen LogP contribution in [-0.4, -0.2) is 12.4 Å². The van der Waals surface area contributed by atoms with Gasteiger partial charge in [0.1, 0.15) is 0 Å². The van der Waals surface area contributed by atoms with Crippen LogP contribution < -0.4 is 0 Å². The van der Waals surface area contributed by atoms with E-state index >= 15 is 0 Å². The van der Waals surface area contributed by atoms with Gasteiger partial charge in [0, 0.05) is 0 Å². The van der Waals surface area contributed by atoms with Crippen molar-refractivity contribution >= 4 is 0 Å². The second kappa shape index (κ2) is 3.53. The minimum absolute atomic E-state index is 0.385. The summed E-state index contributed by atoms with van der Waals surface area (Å²) < 4.78 is 69.9. The Balaban J connectivity index is 4.45. The van der Waals surface area contributed by atoms with Crippen LogP contribution in [0.5, 0.6) is 0 Å². The van der Waals surface area contributed by atoms with E-state index in [1.807, 2.05) is 0 Å². The highest BCUT2D eigenvalue weighted by Crippen LogP contribution is 2.41. The van der Waals surface area contributed by atoms with E-state index in [-0.39, 0.29) is 6.42 Å². The van der Waals surface area contributed by atoms with E-state index in [2.05, 4.69) is 6.92 Å². The van der Waals surface area contributed by atoms with Crippen LogP contribution in [0.25, 0.3) is 0 Å². The molecule has 0 fully saturated rings. The molecule has 0 unspecified atom stereocenters. The van der Waals surface area contributed by atoms with Crippen LogP contribution in [0.2, 0.25) is 0 Å². The number of rotatable bonds is 2. The summed E-state index contributed by atoms with van der Waals surface area (Å²) in [7, 11) is 0. The van der Waals surface area contributed by atoms with Crippen LogP contribution >= 0.6 is 0 Å². The van der Waals surface area contributed by atoms with Gasteiger partial charge < -0.3 is 0 Å². The molecule has 6 heteroatoms. The van der Waals surface area contributed by atoms with Crippen LogP contribution in [-0.2, 0) is 0 Å². The highest BCUT2D eigenvalue weighted by Gasteiger charge is 2.55. The van der Waals surface area contributed by atoms with Crippen LogP contribution in [0.3, 0.4) is 0 Å². The third kappa shape index (κ3) is 3.32. The fraction of sp³-hybridized carbons (Fsp3) is 0.833. The lowest BCUT2D eigenvalue weighted by Crippen LogP contribution is -2.36. The minimum Gasteiger partial charge on any atom is -0.170 e. The SMILES string of the molecule is [CH2]CCC(C(F)(F)F)C(F)(F)F. The van der Waals surface area contributed by atoms with E-state index in [1.165, 1.54) is 0 Å². The van der Waals surface area contributed by atoms with Gasteiger partial charge >= 0.3 is 12.4 Å². The van der Waals surface area contributed by atoms with Gasteiger partial charge in [0.05, 0.1) is 0 Å². The highest BCUT2D eigenvalue weighted by atomic mass is 19.4. The standard InChI is InChI=1S/C6H7F6/c1-2-3-4(5(7,8)9)6(10,11)12/h4H,1-3H2. The molecule has 12 heavy (non-hydrogen) atoms. The number of hydrogen-bond donors (Lipinski definition) is 0. The van der Waals surface area contributed by atoms with Crippen LogP contribution in [0.4, 0.5) is 26.3 Å². The summed E-state index contributed by atoms with van der Waals surface area (Å²) in [5.41, 5.74) is 0. The molecule has 0 bridgehead atoms. The highest BCUT2D eigenvalue weighted by molar-refractivity contribution is 4.75. The zero-order valence-corrected chi connectivity index (χ0v) is 5.97. The Bertz CT molecular complexity index is 118. The molecule has 1 radical (unpaired) electrons. The number of alkyl halides is 6. The molecule has 0 heterocycles. The number of hydrogen-bond acceptors (Lipinski definition) is 0. The van der Waals surface area contributed by atoms with Gasteiger partial charge in [0.2, 0.25) is 0 Å². The van der Waals surface area contributed by atoms with Gasteiger partial charge in [0.15, 0.2) is 5.92 Å². The summed E-state index contributed by atoms with van der Waals surface area (Å²) in [6.07, 6.45) is -11.8. The Hall–Kier alpha value is -0.420. The predicted octanol–water partition coefficient (Wildman–Crippen LogP) is 3.34. The molecule has 0 aromatic carbocycles. The normalized spacial score (nSPS) is 14.0. The van der Waals surface area contributed by atoms with Gasteiger partial charge in [-0.25, -0.2) is 0 Å². The van der Waals surface area contributed by atoms with Gasteiger partial charge in [-0.1, -0.05) is 13.3 Å². The molecule has 0 aliphatic rings. The van der Waals surface area contributed by atoms with Crippen LogP contribution in [0.1, 0.15) is 12.8 Å². The third-order valence-corrected chi connectivity index (χ3v) is 1.28. The van der Waals surface area contributed by atoms with E-state index in [0.717, 1.165) is 0 Å². The quantitative estimate of drug-likeness (QED) is 0.590. The molecule has 0 nitrogen and oxygen atoms in total. The van der Waals surface area contributed by atoms with Gasteiger partial charge in [-0.05, 0) is 6.42 Å². The summed E-state index contributed by atoms with van der Waals surface area (Å²) in [6.45, 7) is 2.95. The molecule has 0 saturated carbocycles. The van der Waals surface area contributed by atoms with E-state index in [0.29, 0.717) is 0 Å². The Morgan fingerprint density at radius 2 is 1.25 bits per heavy atom. The molecule has 0 aliphatic carbocycles. The lowest BCUT2D eigenvalue weighted by Gasteiger charge is -2.21. The molecule has 0 atom stereocenters. The molecule has 0 saturated heterocycles.